The van der Waals surface area contributed by atoms with Crippen molar-refractivity contribution in [1.82, 2.24) is 4.98 Å². The Hall–Kier alpha value is -1.91. The molecule has 0 N–H and O–H groups in total. The van der Waals surface area contributed by atoms with Crippen molar-refractivity contribution >= 4 is 0 Å². The molecule has 0 atom stereocenters. The van der Waals surface area contributed by atoms with Gasteiger partial charge in [-0.1, -0.05) is 57.2 Å². The summed E-state index contributed by atoms with van der Waals surface area (Å²) in [5.41, 5.74) is 0.678. The Morgan fingerprint density at radius 2 is 1.72 bits per heavy atom. The molecule has 1 nitrogen and oxygen atoms in total. The van der Waals surface area contributed by atoms with Crippen LogP contribution in [0.2, 0.25) is 0 Å². The molecule has 5 heteroatoms. The minimum absolute atomic E-state index is 0.291. The SMILES string of the molecule is CCCCCC[C@H]1CC[C@H](c2ccc(-c3ccc(C(F)(F)F)nc3)c(F)c2)CC1. The van der Waals surface area contributed by atoms with Crippen molar-refractivity contribution in [3.05, 3.63) is 53.6 Å². The lowest BCUT2D eigenvalue weighted by atomic mass is 9.77. The second kappa shape index (κ2) is 9.73. The molecule has 1 heterocycles. The summed E-state index contributed by atoms with van der Waals surface area (Å²) in [5, 5.41) is 0. The lowest BCUT2D eigenvalue weighted by Crippen LogP contribution is -2.13. The van der Waals surface area contributed by atoms with Crippen molar-refractivity contribution < 1.29 is 17.6 Å². The molecule has 1 aliphatic carbocycles. The van der Waals surface area contributed by atoms with Crippen molar-refractivity contribution in [2.75, 3.05) is 0 Å². The number of benzene rings is 1. The van der Waals surface area contributed by atoms with Crippen LogP contribution >= 0.6 is 0 Å². The van der Waals surface area contributed by atoms with Crippen LogP contribution in [-0.4, -0.2) is 4.98 Å². The molecule has 1 aliphatic rings. The van der Waals surface area contributed by atoms with Crippen LogP contribution in [0.25, 0.3) is 11.1 Å². The van der Waals surface area contributed by atoms with Crippen LogP contribution in [0.5, 0.6) is 0 Å². The van der Waals surface area contributed by atoms with E-state index in [0.29, 0.717) is 17.0 Å². The molecule has 3 rings (SSSR count). The van der Waals surface area contributed by atoms with Crippen molar-refractivity contribution in [1.29, 1.82) is 0 Å². The molecule has 0 saturated heterocycles. The number of hydrogen-bond donors (Lipinski definition) is 0. The average molecular weight is 407 g/mol. The largest absolute Gasteiger partial charge is 0.433 e. The van der Waals surface area contributed by atoms with Crippen molar-refractivity contribution in [3.63, 3.8) is 0 Å². The van der Waals surface area contributed by atoms with E-state index in [0.717, 1.165) is 36.6 Å². The Kier molecular flexibility index (Phi) is 7.31. The monoisotopic (exact) mass is 407 g/mol. The summed E-state index contributed by atoms with van der Waals surface area (Å²) in [4.78, 5) is 3.43. The Bertz CT molecular complexity index is 774. The number of alkyl halides is 3. The normalized spacial score (nSPS) is 20.0. The molecule has 2 aromatic rings. The zero-order valence-electron chi connectivity index (χ0n) is 16.9. The number of nitrogens with zero attached hydrogens (tertiary/aromatic N) is 1. The van der Waals surface area contributed by atoms with E-state index in [1.54, 1.807) is 12.1 Å². The van der Waals surface area contributed by atoms with Crippen LogP contribution in [-0.2, 0) is 6.18 Å². The van der Waals surface area contributed by atoms with Crippen LogP contribution in [0.4, 0.5) is 17.6 Å². The van der Waals surface area contributed by atoms with Crippen molar-refractivity contribution in [2.45, 2.75) is 76.8 Å². The smallest absolute Gasteiger partial charge is 0.251 e. The Morgan fingerprint density at radius 1 is 0.966 bits per heavy atom. The highest BCUT2D eigenvalue weighted by molar-refractivity contribution is 5.63. The van der Waals surface area contributed by atoms with Gasteiger partial charge >= 0.3 is 6.18 Å². The third-order valence-electron chi connectivity index (χ3n) is 6.14. The summed E-state index contributed by atoms with van der Waals surface area (Å²) in [5.74, 6) is 0.771. The van der Waals surface area contributed by atoms with Crippen LogP contribution in [0.3, 0.4) is 0 Å². The molecule has 0 amide bonds. The summed E-state index contributed by atoms with van der Waals surface area (Å²) < 4.78 is 52.7. The number of unbranched alkanes of at least 4 members (excludes halogenated alkanes) is 3. The van der Waals surface area contributed by atoms with E-state index in [1.807, 2.05) is 6.07 Å². The second-order valence-corrected chi connectivity index (χ2v) is 8.24. The van der Waals surface area contributed by atoms with Gasteiger partial charge in [0.15, 0.2) is 0 Å². The molecular formula is C24H29F4N. The van der Waals surface area contributed by atoms with Gasteiger partial charge in [-0.05, 0) is 55.2 Å². The van der Waals surface area contributed by atoms with Gasteiger partial charge in [-0.25, -0.2) is 4.39 Å². The van der Waals surface area contributed by atoms with Gasteiger partial charge in [0, 0.05) is 17.3 Å². The first-order chi connectivity index (χ1) is 13.9. The fourth-order valence-electron chi connectivity index (χ4n) is 4.38. The van der Waals surface area contributed by atoms with Crippen LogP contribution in [0.1, 0.15) is 81.9 Å². The van der Waals surface area contributed by atoms with Gasteiger partial charge in [-0.3, -0.25) is 4.98 Å². The Labute approximate surface area is 170 Å². The van der Waals surface area contributed by atoms with Gasteiger partial charge in [-0.2, -0.15) is 13.2 Å². The summed E-state index contributed by atoms with van der Waals surface area (Å²) in [7, 11) is 0. The van der Waals surface area contributed by atoms with Gasteiger partial charge < -0.3 is 0 Å². The fourth-order valence-corrected chi connectivity index (χ4v) is 4.38. The van der Waals surface area contributed by atoms with Crippen molar-refractivity contribution in [3.8, 4) is 11.1 Å². The van der Waals surface area contributed by atoms with Crippen molar-refractivity contribution in [2.24, 2.45) is 5.92 Å². The van der Waals surface area contributed by atoms with E-state index in [1.165, 1.54) is 51.0 Å². The number of aromatic nitrogens is 1. The highest BCUT2D eigenvalue weighted by atomic mass is 19.4. The second-order valence-electron chi connectivity index (χ2n) is 8.24. The molecule has 0 spiro atoms. The summed E-state index contributed by atoms with van der Waals surface area (Å²) in [6, 6.07) is 7.31. The molecule has 1 aromatic carbocycles. The maximum Gasteiger partial charge on any atom is 0.433 e. The maximum absolute atomic E-state index is 14.7. The topological polar surface area (TPSA) is 12.9 Å². The zero-order chi connectivity index (χ0) is 20.9. The van der Waals surface area contributed by atoms with Gasteiger partial charge in [0.2, 0.25) is 0 Å². The van der Waals surface area contributed by atoms with Crippen LogP contribution in [0, 0.1) is 11.7 Å². The summed E-state index contributed by atoms with van der Waals surface area (Å²) >= 11 is 0. The van der Waals surface area contributed by atoms with Crippen LogP contribution in [0.15, 0.2) is 36.5 Å². The van der Waals surface area contributed by atoms with E-state index in [2.05, 4.69) is 11.9 Å². The zero-order valence-corrected chi connectivity index (χ0v) is 16.9. The maximum atomic E-state index is 14.7. The number of rotatable bonds is 7. The number of hydrogen-bond acceptors (Lipinski definition) is 1. The first-order valence-electron chi connectivity index (χ1n) is 10.7. The summed E-state index contributed by atoms with van der Waals surface area (Å²) in [6.07, 6.45) is 7.67. The molecular weight excluding hydrogens is 378 g/mol. The molecule has 0 radical (unpaired) electrons. The highest BCUT2D eigenvalue weighted by Crippen LogP contribution is 2.39. The Balaban J connectivity index is 1.60. The predicted octanol–water partition coefficient (Wildman–Crippen LogP) is 8.15. The van der Waals surface area contributed by atoms with Crippen LogP contribution < -0.4 is 0 Å². The lowest BCUT2D eigenvalue weighted by Gasteiger charge is -2.29. The molecule has 0 aliphatic heterocycles. The third-order valence-corrected chi connectivity index (χ3v) is 6.14. The van der Waals surface area contributed by atoms with E-state index < -0.39 is 17.7 Å². The van der Waals surface area contributed by atoms with E-state index in [9.17, 15) is 17.6 Å². The van der Waals surface area contributed by atoms with Gasteiger partial charge in [0.05, 0.1) is 0 Å². The first-order valence-corrected chi connectivity index (χ1v) is 10.7. The first kappa shape index (κ1) is 21.8. The molecule has 1 saturated carbocycles. The van der Waals surface area contributed by atoms with E-state index in [-0.39, 0.29) is 0 Å². The number of pyridine rings is 1. The minimum Gasteiger partial charge on any atom is -0.251 e. The third kappa shape index (κ3) is 5.80. The standard InChI is InChI=1S/C24H29F4N/c1-2-3-4-5-6-17-7-9-18(10-8-17)19-11-13-21(22(25)15-19)20-12-14-23(29-16-20)24(26,27)28/h11-18H,2-10H2,1H3/t17-,18-. The average Bonchev–Trinajstić information content (AvgIpc) is 2.71. The molecule has 29 heavy (non-hydrogen) atoms. The summed E-state index contributed by atoms with van der Waals surface area (Å²) in [6.45, 7) is 2.23. The predicted molar refractivity (Wildman–Crippen MR) is 108 cm³/mol. The van der Waals surface area contributed by atoms with Gasteiger partial charge in [0.25, 0.3) is 0 Å². The minimum atomic E-state index is -4.49. The molecule has 0 bridgehead atoms. The molecule has 1 aromatic heterocycles. The molecule has 0 unspecified atom stereocenters. The fraction of sp³-hybridized carbons (Fsp3) is 0.542. The lowest BCUT2D eigenvalue weighted by molar-refractivity contribution is -0.141. The van der Waals surface area contributed by atoms with Gasteiger partial charge in [0.1, 0.15) is 11.5 Å². The number of halogens is 4. The Morgan fingerprint density at radius 3 is 2.31 bits per heavy atom. The van der Waals surface area contributed by atoms with E-state index in [4.69, 9.17) is 0 Å². The molecule has 158 valence electrons. The highest BCUT2D eigenvalue weighted by Gasteiger charge is 2.32. The van der Waals surface area contributed by atoms with Gasteiger partial charge in [-0.15, -0.1) is 0 Å². The quantitative estimate of drug-likeness (QED) is 0.333. The molecule has 1 fully saturated rings. The van der Waals surface area contributed by atoms with E-state index >= 15 is 0 Å².